The van der Waals surface area contributed by atoms with Crippen LogP contribution in [-0.4, -0.2) is 0 Å². The van der Waals surface area contributed by atoms with E-state index in [1.165, 1.54) is 0 Å². The van der Waals surface area contributed by atoms with E-state index in [0.717, 1.165) is 0 Å². The van der Waals surface area contributed by atoms with Crippen LogP contribution >= 0.6 is 67.4 Å². The van der Waals surface area contributed by atoms with Crippen molar-refractivity contribution in [3.8, 4) is 0 Å². The molecule has 3 nitrogen and oxygen atoms in total. The first-order valence-electron chi connectivity index (χ1n) is 1.47. The molecule has 64 valence electrons. The van der Waals surface area contributed by atoms with E-state index in [1.807, 2.05) is 0 Å². The van der Waals surface area contributed by atoms with Gasteiger partial charge in [0.05, 0.1) is 0 Å². The first-order chi connectivity index (χ1) is 4.00. The third kappa shape index (κ3) is 222. The Labute approximate surface area is 81.8 Å². The van der Waals surface area contributed by atoms with Gasteiger partial charge in [-0.3, -0.25) is 14.6 Å². The molecule has 0 aliphatic rings. The third-order valence-corrected chi connectivity index (χ3v) is 0. The summed E-state index contributed by atoms with van der Waals surface area (Å²) >= 11 is 23.1. The van der Waals surface area contributed by atoms with Crippen molar-refractivity contribution in [2.24, 2.45) is 5.50 Å². The van der Waals surface area contributed by atoms with Crippen LogP contribution in [0.5, 0.6) is 0 Å². The Morgan fingerprint density at radius 2 is 0.900 bits per heavy atom. The highest BCUT2D eigenvalue weighted by atomic mass is 36.0. The molecule has 0 aliphatic heterocycles. The minimum absolute atomic E-state index is 3.19. The largest absolute Gasteiger partial charge is 0.339 e. The highest BCUT2D eigenvalue weighted by Gasteiger charge is 2.03. The molecule has 10 heavy (non-hydrogen) atoms. The van der Waals surface area contributed by atoms with Crippen molar-refractivity contribution in [3.63, 3.8) is 0 Å². The molecule has 0 amide bonds. The lowest BCUT2D eigenvalue weighted by atomic mass is 13.9. The van der Waals surface area contributed by atoms with E-state index in [1.54, 1.807) is 0 Å². The van der Waals surface area contributed by atoms with Crippen molar-refractivity contribution in [2.45, 2.75) is 0 Å². The molecule has 0 aromatic carbocycles. The fraction of sp³-hybridized carbons (Fsp3) is 0. The second kappa shape index (κ2) is 5.50. The van der Waals surface area contributed by atoms with Gasteiger partial charge in [-0.15, -0.1) is 0 Å². The summed E-state index contributed by atoms with van der Waals surface area (Å²) in [5, 5.41) is -3.22. The summed E-state index contributed by atoms with van der Waals surface area (Å²) < 4.78 is 19.0. The number of hydrogen-bond donors (Lipinski definition) is 1. The molecule has 2 N–H and O–H groups in total. The third-order valence-electron chi connectivity index (χ3n) is 0. The van der Waals surface area contributed by atoms with Crippen LogP contribution in [-0.2, 0) is 9.13 Å². The lowest BCUT2D eigenvalue weighted by Gasteiger charge is -1.79. The Morgan fingerprint density at radius 1 is 0.900 bits per heavy atom. The molecule has 0 atom stereocenters. The first-order valence-corrected chi connectivity index (χ1v) is 9.48. The molecule has 0 saturated heterocycles. The van der Waals surface area contributed by atoms with Crippen LogP contribution in [0.3, 0.4) is 0 Å². The van der Waals surface area contributed by atoms with Crippen molar-refractivity contribution in [2.75, 3.05) is 0 Å². The summed E-state index contributed by atoms with van der Waals surface area (Å²) in [6.07, 6.45) is 0. The highest BCUT2D eigenvalue weighted by molar-refractivity contribution is 8.24. The standard InChI is InChI=1S/Cl3OP.Cl2H2NOP/c2*1-5(2,3)4/h;(H2,3,4). The average Bonchev–Trinajstić information content (AvgIpc) is 1.12. The fourth-order valence-corrected chi connectivity index (χ4v) is 0. The number of rotatable bonds is 0. The molecule has 10 heteroatoms. The van der Waals surface area contributed by atoms with Crippen LogP contribution in [0.15, 0.2) is 0 Å². The van der Waals surface area contributed by atoms with Gasteiger partial charge < -0.3 is 0 Å². The molecule has 0 spiro atoms. The zero-order chi connectivity index (χ0) is 9.00. The Hall–Kier alpha value is 1.87. The molecule has 0 aromatic heterocycles. The van der Waals surface area contributed by atoms with E-state index < -0.39 is 11.2 Å². The lowest BCUT2D eigenvalue weighted by Crippen LogP contribution is -1.72. The van der Waals surface area contributed by atoms with Gasteiger partial charge >= 0.3 is 11.2 Å². The molecule has 0 fully saturated rings. The Morgan fingerprint density at radius 3 is 0.900 bits per heavy atom. The average molecular weight is 287 g/mol. The maximum absolute atomic E-state index is 9.52. The Bertz CT molecular complexity index is 130. The van der Waals surface area contributed by atoms with Gasteiger partial charge in [0, 0.05) is 0 Å². The van der Waals surface area contributed by atoms with Crippen LogP contribution < -0.4 is 5.50 Å². The van der Waals surface area contributed by atoms with Gasteiger partial charge in [0.15, 0.2) is 0 Å². The van der Waals surface area contributed by atoms with Gasteiger partial charge in [-0.1, -0.05) is 0 Å². The van der Waals surface area contributed by atoms with Gasteiger partial charge in [-0.05, 0) is 56.2 Å². The second-order valence-electron chi connectivity index (χ2n) is 0.901. The summed E-state index contributed by atoms with van der Waals surface area (Å²) in [5.41, 5.74) is 4.44. The molecule has 0 bridgehead atoms. The van der Waals surface area contributed by atoms with Crippen LogP contribution in [0.1, 0.15) is 0 Å². The monoisotopic (exact) mass is 285 g/mol. The van der Waals surface area contributed by atoms with E-state index in [2.05, 4.69) is 61.7 Å². The van der Waals surface area contributed by atoms with Gasteiger partial charge in [-0.2, -0.15) is 0 Å². The molecule has 0 aromatic rings. The second-order valence-corrected chi connectivity index (χ2v) is 12.1. The molecule has 0 rings (SSSR count). The SMILES string of the molecule is NP(=O)(Cl)Cl.O=P(Cl)(Cl)Cl. The summed E-state index contributed by atoms with van der Waals surface area (Å²) in [6, 6.07) is 0. The van der Waals surface area contributed by atoms with Crippen molar-refractivity contribution < 1.29 is 9.13 Å². The topological polar surface area (TPSA) is 60.2 Å². The van der Waals surface area contributed by atoms with E-state index in [-0.39, 0.29) is 0 Å². The number of hydrogen-bond acceptors (Lipinski definition) is 2. The molecular weight excluding hydrogens is 285 g/mol. The maximum atomic E-state index is 9.52. The minimum atomic E-state index is -3.22. The normalized spacial score (nSPS) is 11.8. The van der Waals surface area contributed by atoms with Crippen molar-refractivity contribution >= 4 is 67.4 Å². The number of nitrogens with two attached hydrogens (primary N) is 1. The summed E-state index contributed by atoms with van der Waals surface area (Å²) in [4.78, 5) is 0. The summed E-state index contributed by atoms with van der Waals surface area (Å²) in [7, 11) is 0. The highest BCUT2D eigenvalue weighted by Crippen LogP contribution is 2.61. The van der Waals surface area contributed by atoms with Crippen LogP contribution in [0.25, 0.3) is 0 Å². The van der Waals surface area contributed by atoms with Crippen LogP contribution in [0.2, 0.25) is 0 Å². The van der Waals surface area contributed by atoms with Crippen molar-refractivity contribution in [1.29, 1.82) is 0 Å². The van der Waals surface area contributed by atoms with Crippen LogP contribution in [0.4, 0.5) is 0 Å². The molecule has 0 radical (unpaired) electrons. The Balaban J connectivity index is 0. The van der Waals surface area contributed by atoms with Gasteiger partial charge in [0.1, 0.15) is 0 Å². The minimum Gasteiger partial charge on any atom is -0.271 e. The van der Waals surface area contributed by atoms with Crippen molar-refractivity contribution in [1.82, 2.24) is 0 Å². The molecule has 0 aliphatic carbocycles. The smallest absolute Gasteiger partial charge is 0.271 e. The fourth-order valence-electron chi connectivity index (χ4n) is 0. The van der Waals surface area contributed by atoms with Gasteiger partial charge in [0.25, 0.3) is 0 Å². The van der Waals surface area contributed by atoms with Crippen molar-refractivity contribution in [3.05, 3.63) is 0 Å². The summed E-state index contributed by atoms with van der Waals surface area (Å²) in [5.74, 6) is -3.19. The molecule has 0 saturated carbocycles. The number of halogens is 5. The molecule has 0 heterocycles. The molecule has 0 unspecified atom stereocenters. The van der Waals surface area contributed by atoms with E-state index in [9.17, 15) is 9.13 Å². The predicted octanol–water partition coefficient (Wildman–Crippen LogP) is 4.34. The van der Waals surface area contributed by atoms with Crippen LogP contribution in [0, 0.1) is 0 Å². The quantitative estimate of drug-likeness (QED) is 0.674. The summed E-state index contributed by atoms with van der Waals surface area (Å²) in [6.45, 7) is 0. The maximum Gasteiger partial charge on any atom is 0.339 e. The zero-order valence-electron chi connectivity index (χ0n) is 4.18. The molecular formula is H2Cl5NO2P2. The zero-order valence-corrected chi connectivity index (χ0v) is 9.75. The van der Waals surface area contributed by atoms with Gasteiger partial charge in [0.2, 0.25) is 0 Å². The van der Waals surface area contributed by atoms with E-state index >= 15 is 0 Å². The van der Waals surface area contributed by atoms with Gasteiger partial charge in [-0.25, -0.2) is 0 Å². The Kier molecular flexibility index (Phi) is 7.92. The first kappa shape index (κ1) is 14.4. The van der Waals surface area contributed by atoms with E-state index in [0.29, 0.717) is 0 Å². The van der Waals surface area contributed by atoms with E-state index in [4.69, 9.17) is 0 Å². The predicted molar refractivity (Wildman–Crippen MR) is 48.7 cm³/mol. The lowest BCUT2D eigenvalue weighted by molar-refractivity contribution is 0.593.